The lowest BCUT2D eigenvalue weighted by molar-refractivity contribution is 0.0943. The van der Waals surface area contributed by atoms with Gasteiger partial charge >= 0.3 is 6.03 Å². The van der Waals surface area contributed by atoms with E-state index in [0.717, 1.165) is 10.6 Å². The number of rotatable bonds is 6. The Morgan fingerprint density at radius 1 is 1.27 bits per heavy atom. The Morgan fingerprint density at radius 2 is 2.00 bits per heavy atom. The fraction of sp³-hybridized carbons (Fsp3) is 0.267. The van der Waals surface area contributed by atoms with E-state index in [-0.39, 0.29) is 13.2 Å². The van der Waals surface area contributed by atoms with Crippen molar-refractivity contribution in [2.24, 2.45) is 0 Å². The molecule has 0 spiro atoms. The van der Waals surface area contributed by atoms with Crippen LogP contribution >= 0.6 is 0 Å². The highest BCUT2D eigenvalue weighted by Gasteiger charge is 2.17. The summed E-state index contributed by atoms with van der Waals surface area (Å²) < 4.78 is 26.8. The van der Waals surface area contributed by atoms with Crippen molar-refractivity contribution in [3.05, 3.63) is 48.8 Å². The molecule has 0 unspecified atom stereocenters. The van der Waals surface area contributed by atoms with Crippen LogP contribution in [0.25, 0.3) is 5.69 Å². The number of amides is 2. The molecular weight excluding hydrogens is 292 g/mol. The normalized spacial score (nSPS) is 10.7. The van der Waals surface area contributed by atoms with E-state index in [0.29, 0.717) is 5.69 Å². The summed E-state index contributed by atoms with van der Waals surface area (Å²) in [5.41, 5.74) is 1.33. The highest BCUT2D eigenvalue weighted by atomic mass is 19.3. The SMILES string of the molecule is O=C(Nc1cccc(-n2cccc2)c1)N(CCO)CC(F)F. The highest BCUT2D eigenvalue weighted by Crippen LogP contribution is 2.15. The molecule has 118 valence electrons. The molecule has 7 heteroatoms. The van der Waals surface area contributed by atoms with Gasteiger partial charge in [0.05, 0.1) is 13.2 Å². The van der Waals surface area contributed by atoms with Crippen LogP contribution in [-0.2, 0) is 0 Å². The monoisotopic (exact) mass is 309 g/mol. The zero-order valence-electron chi connectivity index (χ0n) is 11.8. The molecule has 0 bridgehead atoms. The van der Waals surface area contributed by atoms with Gasteiger partial charge in [-0.05, 0) is 30.3 Å². The fourth-order valence-electron chi connectivity index (χ4n) is 2.02. The molecule has 0 fully saturated rings. The molecule has 5 nitrogen and oxygen atoms in total. The second-order valence-electron chi connectivity index (χ2n) is 4.63. The lowest BCUT2D eigenvalue weighted by Crippen LogP contribution is -2.40. The number of aliphatic hydroxyl groups excluding tert-OH is 1. The molecule has 0 atom stereocenters. The minimum absolute atomic E-state index is 0.145. The first-order chi connectivity index (χ1) is 10.6. The largest absolute Gasteiger partial charge is 0.395 e. The third-order valence-corrected chi connectivity index (χ3v) is 3.02. The molecule has 2 aromatic rings. The van der Waals surface area contributed by atoms with E-state index in [1.54, 1.807) is 18.2 Å². The number of alkyl halides is 2. The first kappa shape index (κ1) is 16.0. The first-order valence-corrected chi connectivity index (χ1v) is 6.78. The molecule has 0 saturated carbocycles. The van der Waals surface area contributed by atoms with E-state index in [1.165, 1.54) is 0 Å². The number of hydrogen-bond donors (Lipinski definition) is 2. The van der Waals surface area contributed by atoms with Crippen LogP contribution in [0, 0.1) is 0 Å². The third-order valence-electron chi connectivity index (χ3n) is 3.02. The predicted molar refractivity (Wildman–Crippen MR) is 79.5 cm³/mol. The number of hydrogen-bond acceptors (Lipinski definition) is 2. The van der Waals surface area contributed by atoms with E-state index in [4.69, 9.17) is 5.11 Å². The number of carbonyl (C=O) groups is 1. The number of aliphatic hydroxyl groups is 1. The molecule has 0 aliphatic carbocycles. The minimum atomic E-state index is -2.65. The molecule has 0 aliphatic rings. The molecule has 0 aliphatic heterocycles. The standard InChI is InChI=1S/C15H17F2N3O2/c16-14(17)11-20(8-9-21)15(22)18-12-4-3-5-13(10-12)19-6-1-2-7-19/h1-7,10,14,21H,8-9,11H2,(H,18,22). The van der Waals surface area contributed by atoms with E-state index < -0.39 is 19.0 Å². The zero-order valence-corrected chi connectivity index (χ0v) is 11.8. The van der Waals surface area contributed by atoms with Crippen molar-refractivity contribution in [1.82, 2.24) is 9.47 Å². The fourth-order valence-corrected chi connectivity index (χ4v) is 2.02. The number of nitrogens with one attached hydrogen (secondary N) is 1. The van der Waals surface area contributed by atoms with Crippen LogP contribution in [0.4, 0.5) is 19.3 Å². The van der Waals surface area contributed by atoms with Crippen LogP contribution < -0.4 is 5.32 Å². The van der Waals surface area contributed by atoms with Crippen LogP contribution in [-0.4, -0.2) is 46.7 Å². The van der Waals surface area contributed by atoms with Gasteiger partial charge in [-0.1, -0.05) is 6.07 Å². The predicted octanol–water partition coefficient (Wildman–Crippen LogP) is 2.57. The molecule has 1 aromatic heterocycles. The maximum Gasteiger partial charge on any atom is 0.322 e. The Balaban J connectivity index is 2.08. The van der Waals surface area contributed by atoms with Crippen LogP contribution in [0.2, 0.25) is 0 Å². The van der Waals surface area contributed by atoms with E-state index in [9.17, 15) is 13.6 Å². The number of carbonyl (C=O) groups excluding carboxylic acids is 1. The van der Waals surface area contributed by atoms with Crippen molar-refractivity contribution >= 4 is 11.7 Å². The first-order valence-electron chi connectivity index (χ1n) is 6.78. The average molecular weight is 309 g/mol. The second kappa shape index (κ2) is 7.56. The van der Waals surface area contributed by atoms with Gasteiger partial charge in [0.2, 0.25) is 0 Å². The van der Waals surface area contributed by atoms with Crippen molar-refractivity contribution in [2.45, 2.75) is 6.43 Å². The quantitative estimate of drug-likeness (QED) is 0.861. The summed E-state index contributed by atoms with van der Waals surface area (Å²) >= 11 is 0. The maximum absolute atomic E-state index is 12.5. The number of halogens is 2. The van der Waals surface area contributed by atoms with Crippen molar-refractivity contribution in [3.63, 3.8) is 0 Å². The highest BCUT2D eigenvalue weighted by molar-refractivity contribution is 5.89. The number of nitrogens with zero attached hydrogens (tertiary/aromatic N) is 2. The van der Waals surface area contributed by atoms with Gasteiger partial charge in [-0.3, -0.25) is 0 Å². The smallest absolute Gasteiger partial charge is 0.322 e. The van der Waals surface area contributed by atoms with Gasteiger partial charge in [-0.2, -0.15) is 0 Å². The number of aromatic nitrogens is 1. The van der Waals surface area contributed by atoms with Gasteiger partial charge in [0.15, 0.2) is 0 Å². The number of benzene rings is 1. The maximum atomic E-state index is 12.5. The molecule has 1 heterocycles. The lowest BCUT2D eigenvalue weighted by Gasteiger charge is -2.21. The van der Waals surface area contributed by atoms with Crippen molar-refractivity contribution in [1.29, 1.82) is 0 Å². The molecule has 2 N–H and O–H groups in total. The van der Waals surface area contributed by atoms with Gasteiger partial charge < -0.3 is 19.9 Å². The Labute approximate surface area is 126 Å². The van der Waals surface area contributed by atoms with E-state index in [1.807, 2.05) is 35.2 Å². The second-order valence-corrected chi connectivity index (χ2v) is 4.63. The topological polar surface area (TPSA) is 57.5 Å². The van der Waals surface area contributed by atoms with Gasteiger partial charge in [0.25, 0.3) is 6.43 Å². The van der Waals surface area contributed by atoms with Crippen LogP contribution in [0.15, 0.2) is 48.8 Å². The molecule has 2 rings (SSSR count). The zero-order chi connectivity index (χ0) is 15.9. The molecular formula is C15H17F2N3O2. The van der Waals surface area contributed by atoms with Gasteiger partial charge in [0.1, 0.15) is 0 Å². The number of urea groups is 1. The summed E-state index contributed by atoms with van der Waals surface area (Å²) in [6.07, 6.45) is 1.06. The summed E-state index contributed by atoms with van der Waals surface area (Å²) in [6.45, 7) is -1.24. The average Bonchev–Trinajstić information content (AvgIpc) is 3.01. The van der Waals surface area contributed by atoms with E-state index >= 15 is 0 Å². The van der Waals surface area contributed by atoms with Crippen LogP contribution in [0.1, 0.15) is 0 Å². The van der Waals surface area contributed by atoms with Gasteiger partial charge in [-0.25, -0.2) is 13.6 Å². The van der Waals surface area contributed by atoms with Crippen molar-refractivity contribution in [3.8, 4) is 5.69 Å². The molecule has 2 amide bonds. The Morgan fingerprint density at radius 3 is 2.64 bits per heavy atom. The summed E-state index contributed by atoms with van der Waals surface area (Å²) in [5, 5.41) is 11.4. The summed E-state index contributed by atoms with van der Waals surface area (Å²) in [7, 11) is 0. The Bertz CT molecular complexity index is 603. The molecule has 0 radical (unpaired) electrons. The molecule has 1 aromatic carbocycles. The van der Waals surface area contributed by atoms with Crippen molar-refractivity contribution in [2.75, 3.05) is 25.0 Å². The van der Waals surface area contributed by atoms with Crippen LogP contribution in [0.5, 0.6) is 0 Å². The Hall–Kier alpha value is -2.41. The molecule has 22 heavy (non-hydrogen) atoms. The van der Waals surface area contributed by atoms with Gasteiger partial charge in [0, 0.05) is 30.3 Å². The third kappa shape index (κ3) is 4.29. The summed E-state index contributed by atoms with van der Waals surface area (Å²) in [4.78, 5) is 12.9. The minimum Gasteiger partial charge on any atom is -0.395 e. The summed E-state index contributed by atoms with van der Waals surface area (Å²) in [5.74, 6) is 0. The lowest BCUT2D eigenvalue weighted by atomic mass is 10.2. The van der Waals surface area contributed by atoms with Crippen LogP contribution in [0.3, 0.4) is 0 Å². The number of anilines is 1. The van der Waals surface area contributed by atoms with Crippen molar-refractivity contribution < 1.29 is 18.7 Å². The van der Waals surface area contributed by atoms with Gasteiger partial charge in [-0.15, -0.1) is 0 Å². The summed E-state index contributed by atoms with van der Waals surface area (Å²) in [6, 6.07) is 10.1. The Kier molecular flexibility index (Phi) is 5.48. The van der Waals surface area contributed by atoms with E-state index in [2.05, 4.69) is 5.32 Å². The molecule has 0 saturated heterocycles.